The van der Waals surface area contributed by atoms with Crippen LogP contribution in [0.1, 0.15) is 89.9 Å². The third-order valence-electron chi connectivity index (χ3n) is 10.2. The first-order valence-electron chi connectivity index (χ1n) is 23.2. The fourth-order valence-electron chi connectivity index (χ4n) is 6.51. The van der Waals surface area contributed by atoms with Gasteiger partial charge in [0.1, 0.15) is 11.5 Å². The Morgan fingerprint density at radius 3 is 1.14 bits per heavy atom. The first-order chi connectivity index (χ1) is 34.2. The van der Waals surface area contributed by atoms with Gasteiger partial charge in [0, 0.05) is 74.1 Å². The Kier molecular flexibility index (Phi) is 28.7. The minimum absolute atomic E-state index is 0.0912. The van der Waals surface area contributed by atoms with Crippen LogP contribution in [0.15, 0.2) is 60.9 Å². The molecule has 0 aliphatic carbocycles. The molecule has 4 aromatic rings. The third kappa shape index (κ3) is 26.4. The Hall–Kier alpha value is -6.82. The number of alkyl halides is 6. The third-order valence-corrected chi connectivity index (χ3v) is 10.2. The van der Waals surface area contributed by atoms with Gasteiger partial charge in [0.2, 0.25) is 23.6 Å². The number of nitrogens with one attached hydrogen (secondary N) is 6. The van der Waals surface area contributed by atoms with E-state index in [4.69, 9.17) is 29.3 Å². The molecule has 0 saturated carbocycles. The minimum Gasteiger partial charge on any atom is -0.497 e. The average Bonchev–Trinajstić information content (AvgIpc) is 3.34. The normalized spacial score (nSPS) is 11.1. The predicted molar refractivity (Wildman–Crippen MR) is 258 cm³/mol. The number of aromatic nitrogens is 2. The van der Waals surface area contributed by atoms with Crippen LogP contribution in [-0.2, 0) is 28.8 Å². The fourth-order valence-corrected chi connectivity index (χ4v) is 6.51. The van der Waals surface area contributed by atoms with Crippen LogP contribution in [0.4, 0.5) is 37.7 Å². The zero-order chi connectivity index (χ0) is 53.4. The molecule has 4 amide bonds. The Labute approximate surface area is 412 Å². The van der Waals surface area contributed by atoms with Crippen LogP contribution in [-0.4, -0.2) is 122 Å². The highest BCUT2D eigenvalue weighted by molar-refractivity contribution is 6.03. The van der Waals surface area contributed by atoms with Crippen LogP contribution in [0.25, 0.3) is 21.8 Å². The number of aliphatic carboxylic acids is 2. The van der Waals surface area contributed by atoms with E-state index in [0.717, 1.165) is 62.6 Å². The number of ether oxygens (including phenoxy) is 2. The monoisotopic (exact) mass is 1030 g/mol. The molecule has 0 aliphatic heterocycles. The van der Waals surface area contributed by atoms with E-state index in [1.54, 1.807) is 38.7 Å². The Bertz CT molecular complexity index is 2160. The van der Waals surface area contributed by atoms with E-state index >= 15 is 0 Å². The Morgan fingerprint density at radius 1 is 0.486 bits per heavy atom. The summed E-state index contributed by atoms with van der Waals surface area (Å²) in [5.41, 5.74) is 2.49. The maximum atomic E-state index is 12.5. The zero-order valence-corrected chi connectivity index (χ0v) is 40.2. The summed E-state index contributed by atoms with van der Waals surface area (Å²) >= 11 is 0. The molecule has 2 heterocycles. The van der Waals surface area contributed by atoms with Crippen molar-refractivity contribution in [3.05, 3.63) is 60.9 Å². The fraction of sp³-hybridized carbons (Fsp3) is 0.500. The molecule has 8 N–H and O–H groups in total. The first kappa shape index (κ1) is 61.3. The van der Waals surface area contributed by atoms with Gasteiger partial charge >= 0.3 is 24.3 Å². The summed E-state index contributed by atoms with van der Waals surface area (Å²) in [5, 5.41) is 34.4. The Morgan fingerprint density at radius 2 is 0.806 bits per heavy atom. The smallest absolute Gasteiger partial charge is 0.490 e. The van der Waals surface area contributed by atoms with Gasteiger partial charge in [0.15, 0.2) is 0 Å². The van der Waals surface area contributed by atoms with E-state index in [1.165, 1.54) is 38.5 Å². The number of hydrogen-bond donors (Lipinski definition) is 8. The van der Waals surface area contributed by atoms with Gasteiger partial charge in [-0.15, -0.1) is 0 Å². The maximum Gasteiger partial charge on any atom is 0.490 e. The number of halogens is 6. The average molecular weight is 1030 g/mol. The van der Waals surface area contributed by atoms with Crippen molar-refractivity contribution in [2.75, 3.05) is 64.1 Å². The summed E-state index contributed by atoms with van der Waals surface area (Å²) in [5.74, 6) is -5.00. The van der Waals surface area contributed by atoms with Crippen molar-refractivity contribution in [3.63, 3.8) is 0 Å². The number of hydrogen-bond acceptors (Lipinski definition) is 12. The molecule has 2 aromatic carbocycles. The lowest BCUT2D eigenvalue weighted by Gasteiger charge is -2.11. The SMILES string of the molecule is COc1cc(NC(=O)CCC(=O)NCCCNCCCCCCCCCCNCCCNC(=O)CCC(=O)Nc2cc(OC)cc3cccnc23)c2ncccc2c1.O=C(O)C(F)(F)F.O=C(O)C(F)(F)F. The maximum absolute atomic E-state index is 12.5. The molecule has 0 radical (unpaired) electrons. The first-order valence-corrected chi connectivity index (χ1v) is 23.2. The number of amides is 4. The number of pyridine rings is 2. The van der Waals surface area contributed by atoms with Crippen molar-refractivity contribution in [2.45, 2.75) is 102 Å². The van der Waals surface area contributed by atoms with Crippen molar-refractivity contribution in [3.8, 4) is 11.5 Å². The Balaban J connectivity index is 0.00000111. The highest BCUT2D eigenvalue weighted by Crippen LogP contribution is 2.29. The number of carbonyl (C=O) groups is 6. The lowest BCUT2D eigenvalue weighted by atomic mass is 10.1. The number of methoxy groups -OCH3 is 2. The number of unbranched alkanes of at least 4 members (excludes halogenated alkanes) is 7. The second-order valence-corrected chi connectivity index (χ2v) is 15.9. The molecule has 0 spiro atoms. The molecule has 0 atom stereocenters. The molecule has 398 valence electrons. The second-order valence-electron chi connectivity index (χ2n) is 15.9. The summed E-state index contributed by atoms with van der Waals surface area (Å²) in [6.45, 7) is 4.83. The molecule has 0 fully saturated rings. The zero-order valence-electron chi connectivity index (χ0n) is 40.2. The summed E-state index contributed by atoms with van der Waals surface area (Å²) in [7, 11) is 3.15. The van der Waals surface area contributed by atoms with E-state index in [2.05, 4.69) is 41.9 Å². The molecular weight excluding hydrogens is 963 g/mol. The standard InChI is InChI=1S/C44H62N8O6.2C2HF3O2/c1-57-35-29-33-15-11-25-49-43(33)37(31-35)51-41(55)19-17-39(53)47-27-13-23-45-21-9-7-5-3-4-6-8-10-22-46-24-14-28-48-40(54)18-20-42(56)52-38-32-36(58-2)30-34-16-12-26-50-44(34)38;2*3-2(4,5)1(6)7/h11-12,15-16,25-26,29-32,45-46H,3-10,13-14,17-24,27-28H2,1-2H3,(H,47,53)(H,48,54)(H,51,55)(H,52,56);2*(H,6,7). The van der Waals surface area contributed by atoms with Gasteiger partial charge in [-0.2, -0.15) is 26.3 Å². The van der Waals surface area contributed by atoms with Crippen molar-refractivity contribution >= 4 is 68.7 Å². The molecular formula is C48H64F6N8O10. The number of carboxylic acids is 2. The number of nitrogens with zero attached hydrogens (tertiary/aromatic N) is 2. The second kappa shape index (κ2) is 33.7. The van der Waals surface area contributed by atoms with Crippen molar-refractivity contribution in [1.82, 2.24) is 31.2 Å². The molecule has 24 heteroatoms. The molecule has 2 aromatic heterocycles. The van der Waals surface area contributed by atoms with E-state index < -0.39 is 24.3 Å². The number of benzene rings is 2. The largest absolute Gasteiger partial charge is 0.497 e. The van der Waals surface area contributed by atoms with Gasteiger partial charge in [-0.1, -0.05) is 50.7 Å². The van der Waals surface area contributed by atoms with Crippen LogP contribution in [0.3, 0.4) is 0 Å². The lowest BCUT2D eigenvalue weighted by molar-refractivity contribution is -0.193. The van der Waals surface area contributed by atoms with Crippen LogP contribution < -0.4 is 41.4 Å². The predicted octanol–water partition coefficient (Wildman–Crippen LogP) is 7.52. The van der Waals surface area contributed by atoms with Gasteiger partial charge in [0.05, 0.1) is 36.6 Å². The molecule has 0 saturated heterocycles. The molecule has 0 unspecified atom stereocenters. The summed E-state index contributed by atoms with van der Waals surface area (Å²) < 4.78 is 74.1. The van der Waals surface area contributed by atoms with E-state index in [0.29, 0.717) is 47.0 Å². The van der Waals surface area contributed by atoms with Gasteiger partial charge in [-0.25, -0.2) is 9.59 Å². The van der Waals surface area contributed by atoms with Gasteiger partial charge in [-0.3, -0.25) is 29.1 Å². The quantitative estimate of drug-likeness (QED) is 0.0193. The van der Waals surface area contributed by atoms with Crippen molar-refractivity contribution < 1.29 is 74.8 Å². The molecule has 0 bridgehead atoms. The molecule has 72 heavy (non-hydrogen) atoms. The van der Waals surface area contributed by atoms with Crippen LogP contribution in [0.5, 0.6) is 11.5 Å². The van der Waals surface area contributed by atoms with Gasteiger partial charge in [-0.05, 0) is 76.1 Å². The topological polar surface area (TPSA) is 259 Å². The van der Waals surface area contributed by atoms with Gasteiger partial charge in [0.25, 0.3) is 0 Å². The van der Waals surface area contributed by atoms with E-state index in [-0.39, 0.29) is 49.3 Å². The number of fused-ring (bicyclic) bond motifs is 2. The lowest BCUT2D eigenvalue weighted by Crippen LogP contribution is -2.28. The number of anilines is 2. The van der Waals surface area contributed by atoms with Crippen LogP contribution >= 0.6 is 0 Å². The van der Waals surface area contributed by atoms with Crippen molar-refractivity contribution in [2.24, 2.45) is 0 Å². The van der Waals surface area contributed by atoms with Gasteiger partial charge < -0.3 is 51.6 Å². The minimum atomic E-state index is -5.08. The number of carbonyl (C=O) groups excluding carboxylic acids is 4. The molecule has 4 rings (SSSR count). The number of carboxylic acid groups (broad SMARTS) is 2. The van der Waals surface area contributed by atoms with Crippen molar-refractivity contribution in [1.29, 1.82) is 0 Å². The van der Waals surface area contributed by atoms with Crippen LogP contribution in [0.2, 0.25) is 0 Å². The number of rotatable bonds is 29. The summed E-state index contributed by atoms with van der Waals surface area (Å²) in [6, 6.07) is 14.7. The molecule has 0 aliphatic rings. The van der Waals surface area contributed by atoms with E-state index in [9.17, 15) is 45.5 Å². The summed E-state index contributed by atoms with van der Waals surface area (Å²) in [6.07, 6.45) is 5.09. The summed E-state index contributed by atoms with van der Waals surface area (Å²) in [4.78, 5) is 76.0. The highest BCUT2D eigenvalue weighted by Gasteiger charge is 2.39. The van der Waals surface area contributed by atoms with Crippen LogP contribution in [0, 0.1) is 0 Å². The molecule has 18 nitrogen and oxygen atoms in total. The van der Waals surface area contributed by atoms with E-state index in [1.807, 2.05) is 36.4 Å². The highest BCUT2D eigenvalue weighted by atomic mass is 19.4.